The quantitative estimate of drug-likeness (QED) is 0.293. The minimum atomic E-state index is -0.989. The van der Waals surface area contributed by atoms with Crippen LogP contribution in [0.2, 0.25) is 0 Å². The Morgan fingerprint density at radius 3 is 2.00 bits per heavy atom. The topological polar surface area (TPSA) is 113 Å². The fourth-order valence-electron chi connectivity index (χ4n) is 0.529. The van der Waals surface area contributed by atoms with Gasteiger partial charge >= 0.3 is 11.9 Å². The highest BCUT2D eigenvalue weighted by Crippen LogP contribution is 1.83. The lowest BCUT2D eigenvalue weighted by Crippen LogP contribution is -2.06. The van der Waals surface area contributed by atoms with Gasteiger partial charge in [-0.15, -0.1) is 0 Å². The smallest absolute Gasteiger partial charge is 0.330 e. The van der Waals surface area contributed by atoms with Crippen molar-refractivity contribution in [2.45, 2.75) is 6.42 Å². The van der Waals surface area contributed by atoms with E-state index in [0.717, 1.165) is 6.08 Å². The maximum atomic E-state index is 10.3. The first-order valence-electron chi connectivity index (χ1n) is 4.88. The first kappa shape index (κ1) is 17.9. The first-order chi connectivity index (χ1) is 8.08. The molecule has 100 valence electrons. The number of aliphatic carboxylic acids is 1. The number of aliphatic hydroxyl groups excluding tert-OH is 2. The van der Waals surface area contributed by atoms with Gasteiger partial charge in [0.2, 0.25) is 0 Å². The van der Waals surface area contributed by atoms with Crippen molar-refractivity contribution in [1.82, 2.24) is 0 Å². The van der Waals surface area contributed by atoms with Gasteiger partial charge in [-0.05, 0) is 0 Å². The van der Waals surface area contributed by atoms with E-state index in [2.05, 4.69) is 16.1 Å². The van der Waals surface area contributed by atoms with Crippen LogP contribution in [0.25, 0.3) is 0 Å². The summed E-state index contributed by atoms with van der Waals surface area (Å²) in [4.78, 5) is 20.1. The maximum Gasteiger partial charge on any atom is 0.330 e. The number of hydrogen-bond acceptors (Lipinski definition) is 6. The van der Waals surface area contributed by atoms with E-state index in [4.69, 9.17) is 15.3 Å². The van der Waals surface area contributed by atoms with E-state index in [-0.39, 0.29) is 26.2 Å². The number of ether oxygens (including phenoxy) is 2. The van der Waals surface area contributed by atoms with E-state index >= 15 is 0 Å². The number of carboxylic acids is 1. The van der Waals surface area contributed by atoms with Crippen LogP contribution in [0.5, 0.6) is 0 Å². The minimum absolute atomic E-state index is 0.0278. The molecule has 0 saturated carbocycles. The zero-order valence-corrected chi connectivity index (χ0v) is 9.50. The molecule has 0 amide bonds. The maximum absolute atomic E-state index is 10.3. The van der Waals surface area contributed by atoms with Crippen LogP contribution in [0.15, 0.2) is 12.7 Å². The number of rotatable bonds is 8. The summed E-state index contributed by atoms with van der Waals surface area (Å²) in [5, 5.41) is 24.3. The number of esters is 1. The van der Waals surface area contributed by atoms with Crippen LogP contribution in [0.1, 0.15) is 6.42 Å². The van der Waals surface area contributed by atoms with Crippen molar-refractivity contribution in [1.29, 1.82) is 0 Å². The molecule has 0 spiro atoms. The molecule has 0 saturated heterocycles. The lowest BCUT2D eigenvalue weighted by atomic mass is 10.5. The number of carbonyl (C=O) groups is 2. The molecule has 0 unspecified atom stereocenters. The van der Waals surface area contributed by atoms with Gasteiger partial charge in [0.1, 0.15) is 6.61 Å². The molecular weight excluding hydrogens is 232 g/mol. The summed E-state index contributed by atoms with van der Waals surface area (Å²) >= 11 is 0. The van der Waals surface area contributed by atoms with E-state index in [0.29, 0.717) is 13.2 Å². The van der Waals surface area contributed by atoms with Crippen LogP contribution in [-0.2, 0) is 19.1 Å². The molecule has 0 bridgehead atoms. The lowest BCUT2D eigenvalue weighted by molar-refractivity contribution is -0.142. The number of carbonyl (C=O) groups excluding carboxylic acids is 1. The summed E-state index contributed by atoms with van der Waals surface area (Å²) in [7, 11) is 0. The SMILES string of the molecule is C=CC(=O)OCCC(=O)O.OCCOCCO. The van der Waals surface area contributed by atoms with Gasteiger partial charge in [0.05, 0.1) is 32.8 Å². The second kappa shape index (κ2) is 14.6. The van der Waals surface area contributed by atoms with E-state index in [1.165, 1.54) is 0 Å². The highest BCUT2D eigenvalue weighted by molar-refractivity contribution is 5.81. The second-order valence-corrected chi connectivity index (χ2v) is 2.57. The van der Waals surface area contributed by atoms with E-state index < -0.39 is 11.9 Å². The number of hydrogen-bond donors (Lipinski definition) is 3. The van der Waals surface area contributed by atoms with Gasteiger partial charge in [-0.1, -0.05) is 6.58 Å². The summed E-state index contributed by atoms with van der Waals surface area (Å²) < 4.78 is 9.00. The summed E-state index contributed by atoms with van der Waals surface area (Å²) in [5.41, 5.74) is 0. The normalized spacial score (nSPS) is 8.82. The molecule has 7 nitrogen and oxygen atoms in total. The van der Waals surface area contributed by atoms with Crippen molar-refractivity contribution >= 4 is 11.9 Å². The number of carboxylic acid groups (broad SMARTS) is 1. The molecule has 0 heterocycles. The average Bonchev–Trinajstić information content (AvgIpc) is 2.30. The molecule has 0 aliphatic carbocycles. The molecule has 17 heavy (non-hydrogen) atoms. The van der Waals surface area contributed by atoms with Gasteiger partial charge < -0.3 is 24.8 Å². The summed E-state index contributed by atoms with van der Waals surface area (Å²) in [6.07, 6.45) is 0.821. The largest absolute Gasteiger partial charge is 0.481 e. The van der Waals surface area contributed by atoms with Gasteiger partial charge in [-0.2, -0.15) is 0 Å². The Balaban J connectivity index is 0. The average molecular weight is 250 g/mol. The Hall–Kier alpha value is -1.44. The Labute approximate surface area is 99.3 Å². The van der Waals surface area contributed by atoms with Crippen molar-refractivity contribution in [3.63, 3.8) is 0 Å². The molecule has 0 atom stereocenters. The van der Waals surface area contributed by atoms with Gasteiger partial charge in [0.15, 0.2) is 0 Å². The zero-order chi connectivity index (χ0) is 13.5. The van der Waals surface area contributed by atoms with Gasteiger partial charge in [-0.25, -0.2) is 4.79 Å². The second-order valence-electron chi connectivity index (χ2n) is 2.57. The third kappa shape index (κ3) is 20.6. The molecular formula is C10H18O7. The van der Waals surface area contributed by atoms with Crippen LogP contribution < -0.4 is 0 Å². The van der Waals surface area contributed by atoms with Crippen LogP contribution in [-0.4, -0.2) is 60.3 Å². The fourth-order valence-corrected chi connectivity index (χ4v) is 0.529. The van der Waals surface area contributed by atoms with Crippen LogP contribution in [0, 0.1) is 0 Å². The van der Waals surface area contributed by atoms with Crippen molar-refractivity contribution in [2.75, 3.05) is 33.0 Å². The third-order valence-corrected chi connectivity index (χ3v) is 1.20. The molecule has 3 N–H and O–H groups in total. The Kier molecular flexibility index (Phi) is 15.4. The molecule has 0 rings (SSSR count). The van der Waals surface area contributed by atoms with E-state index in [1.54, 1.807) is 0 Å². The van der Waals surface area contributed by atoms with Gasteiger partial charge in [-0.3, -0.25) is 4.79 Å². The Morgan fingerprint density at radius 2 is 1.65 bits per heavy atom. The molecule has 0 radical (unpaired) electrons. The molecule has 7 heteroatoms. The summed E-state index contributed by atoms with van der Waals surface area (Å²) in [5.74, 6) is -1.59. The molecule has 0 aromatic rings. The predicted octanol–water partition coefficient (Wildman–Crippen LogP) is -0.822. The van der Waals surface area contributed by atoms with Crippen molar-refractivity contribution in [3.05, 3.63) is 12.7 Å². The van der Waals surface area contributed by atoms with Crippen LogP contribution >= 0.6 is 0 Å². The summed E-state index contributed by atoms with van der Waals surface area (Å²) in [6, 6.07) is 0. The molecule has 0 fully saturated rings. The predicted molar refractivity (Wildman–Crippen MR) is 58.4 cm³/mol. The lowest BCUT2D eigenvalue weighted by Gasteiger charge is -1.96. The Morgan fingerprint density at radius 1 is 1.12 bits per heavy atom. The zero-order valence-electron chi connectivity index (χ0n) is 9.50. The summed E-state index contributed by atoms with van der Waals surface area (Å²) in [6.45, 7) is 3.73. The highest BCUT2D eigenvalue weighted by atomic mass is 16.5. The van der Waals surface area contributed by atoms with E-state index in [9.17, 15) is 9.59 Å². The molecule has 0 aliphatic rings. The molecule has 0 aromatic carbocycles. The molecule has 0 aliphatic heterocycles. The van der Waals surface area contributed by atoms with E-state index in [1.807, 2.05) is 0 Å². The van der Waals surface area contributed by atoms with Gasteiger partial charge in [0.25, 0.3) is 0 Å². The third-order valence-electron chi connectivity index (χ3n) is 1.20. The van der Waals surface area contributed by atoms with Crippen LogP contribution in [0.4, 0.5) is 0 Å². The monoisotopic (exact) mass is 250 g/mol. The highest BCUT2D eigenvalue weighted by Gasteiger charge is 1.98. The number of aliphatic hydroxyl groups is 2. The minimum Gasteiger partial charge on any atom is -0.481 e. The van der Waals surface area contributed by atoms with Crippen molar-refractivity contribution in [3.8, 4) is 0 Å². The van der Waals surface area contributed by atoms with Crippen LogP contribution in [0.3, 0.4) is 0 Å². The van der Waals surface area contributed by atoms with Crippen molar-refractivity contribution < 1.29 is 34.4 Å². The standard InChI is InChI=1S/C6H8O4.C4H10O3/c1-2-6(9)10-4-3-5(7)8;5-1-3-7-4-2-6/h2H,1,3-4H2,(H,7,8);5-6H,1-4H2. The van der Waals surface area contributed by atoms with Crippen molar-refractivity contribution in [2.24, 2.45) is 0 Å². The fraction of sp³-hybridized carbons (Fsp3) is 0.600. The Bertz CT molecular complexity index is 211. The molecule has 0 aromatic heterocycles. The van der Waals surface area contributed by atoms with Gasteiger partial charge in [0, 0.05) is 6.08 Å². The first-order valence-corrected chi connectivity index (χ1v) is 4.88.